The van der Waals surface area contributed by atoms with Crippen molar-refractivity contribution in [1.29, 1.82) is 0 Å². The molecule has 1 aliphatic carbocycles. The van der Waals surface area contributed by atoms with Crippen molar-refractivity contribution >= 4 is 10.0 Å². The second-order valence-corrected chi connectivity index (χ2v) is 9.52. The number of piperidine rings is 1. The van der Waals surface area contributed by atoms with Gasteiger partial charge in [0.1, 0.15) is 11.5 Å². The van der Waals surface area contributed by atoms with Gasteiger partial charge in [0.05, 0.1) is 4.90 Å². The van der Waals surface area contributed by atoms with Crippen molar-refractivity contribution in [3.8, 4) is 11.5 Å². The second-order valence-electron chi connectivity index (χ2n) is 7.58. The van der Waals surface area contributed by atoms with Crippen molar-refractivity contribution in [3.05, 3.63) is 90.3 Å². The molecule has 1 fully saturated rings. The summed E-state index contributed by atoms with van der Waals surface area (Å²) in [6.07, 6.45) is 10.0. The first-order chi connectivity index (χ1) is 14.1. The molecule has 3 aliphatic rings. The Kier molecular flexibility index (Phi) is 4.33. The number of allylic oxidation sites excluding steroid dienone is 4. The van der Waals surface area contributed by atoms with E-state index in [2.05, 4.69) is 23.5 Å². The molecule has 0 bridgehead atoms. The predicted octanol–water partition coefficient (Wildman–Crippen LogP) is 4.19. The number of ether oxygens (including phenoxy) is 1. The van der Waals surface area contributed by atoms with Crippen molar-refractivity contribution in [1.82, 2.24) is 9.62 Å². The zero-order chi connectivity index (χ0) is 19.9. The van der Waals surface area contributed by atoms with Crippen molar-refractivity contribution in [3.63, 3.8) is 0 Å². The van der Waals surface area contributed by atoms with Crippen molar-refractivity contribution < 1.29 is 13.2 Å². The molecule has 1 N–H and O–H groups in total. The summed E-state index contributed by atoms with van der Waals surface area (Å²) in [6, 6.07) is 16.1. The Balaban J connectivity index is 1.34. The molecule has 148 valence electrons. The van der Waals surface area contributed by atoms with Gasteiger partial charge < -0.3 is 10.1 Å². The Morgan fingerprint density at radius 1 is 1.00 bits per heavy atom. The summed E-state index contributed by atoms with van der Waals surface area (Å²) >= 11 is 0. The molecule has 0 radical (unpaired) electrons. The minimum atomic E-state index is -3.56. The van der Waals surface area contributed by atoms with E-state index in [4.69, 9.17) is 4.74 Å². The van der Waals surface area contributed by atoms with E-state index in [1.165, 1.54) is 5.70 Å². The van der Waals surface area contributed by atoms with Crippen LogP contribution in [0.5, 0.6) is 11.5 Å². The van der Waals surface area contributed by atoms with E-state index in [9.17, 15) is 8.42 Å². The number of nitrogens with one attached hydrogen (secondary N) is 1. The number of benzene rings is 2. The number of nitrogens with zero attached hydrogens (tertiary/aromatic N) is 1. The molecule has 5 rings (SSSR count). The topological polar surface area (TPSA) is 58.6 Å². The monoisotopic (exact) mass is 406 g/mol. The summed E-state index contributed by atoms with van der Waals surface area (Å²) in [5.74, 6) is 1.33. The normalized spacial score (nSPS) is 23.4. The van der Waals surface area contributed by atoms with E-state index >= 15 is 0 Å². The zero-order valence-electron chi connectivity index (χ0n) is 15.9. The van der Waals surface area contributed by atoms with E-state index in [0.717, 1.165) is 24.2 Å². The molecule has 2 heterocycles. The van der Waals surface area contributed by atoms with Gasteiger partial charge in [0.15, 0.2) is 0 Å². The standard InChI is InChI=1S/C23H22N2O3S/c26-29(27,21-11-9-20(10-12-21)28-19-6-2-1-3-7-19)25-15-14-23-13-5-4-8-22(23)24-16-18(23)17-25/h1-12,16,24H,13-15,17H2/t23-/m1/s1. The van der Waals surface area contributed by atoms with Gasteiger partial charge in [-0.25, -0.2) is 8.42 Å². The van der Waals surface area contributed by atoms with Crippen LogP contribution in [-0.4, -0.2) is 25.8 Å². The first-order valence-electron chi connectivity index (χ1n) is 9.74. The quantitative estimate of drug-likeness (QED) is 0.827. The molecule has 0 aromatic heterocycles. The number of para-hydroxylation sites is 1. The van der Waals surface area contributed by atoms with Gasteiger partial charge in [0.2, 0.25) is 10.0 Å². The molecule has 0 saturated carbocycles. The highest BCUT2D eigenvalue weighted by Crippen LogP contribution is 2.49. The summed E-state index contributed by atoms with van der Waals surface area (Å²) < 4.78 is 33.8. The molecule has 29 heavy (non-hydrogen) atoms. The average molecular weight is 407 g/mol. The number of sulfonamides is 1. The van der Waals surface area contributed by atoms with Crippen LogP contribution in [0.1, 0.15) is 12.8 Å². The van der Waals surface area contributed by atoms with Crippen LogP contribution in [-0.2, 0) is 10.0 Å². The van der Waals surface area contributed by atoms with Crippen LogP contribution in [0.4, 0.5) is 0 Å². The molecular weight excluding hydrogens is 384 g/mol. The van der Waals surface area contributed by atoms with Gasteiger partial charge in [-0.2, -0.15) is 4.31 Å². The third kappa shape index (κ3) is 3.09. The van der Waals surface area contributed by atoms with Gasteiger partial charge in [-0.1, -0.05) is 30.4 Å². The summed E-state index contributed by atoms with van der Waals surface area (Å²) in [7, 11) is -3.56. The lowest BCUT2D eigenvalue weighted by Crippen LogP contribution is -2.44. The molecule has 5 nitrogen and oxygen atoms in total. The van der Waals surface area contributed by atoms with E-state index in [0.29, 0.717) is 23.7 Å². The molecule has 2 aromatic carbocycles. The number of hydrogen-bond donors (Lipinski definition) is 1. The molecule has 0 unspecified atom stereocenters. The van der Waals surface area contributed by atoms with Crippen molar-refractivity contribution in [2.75, 3.05) is 13.1 Å². The van der Waals surface area contributed by atoms with Crippen LogP contribution < -0.4 is 10.1 Å². The molecule has 1 atom stereocenters. The SMILES string of the molecule is O=S(=O)(c1ccc(Oc2ccccc2)cc1)N1CC[C@@]23CC=CC=C2NC=C3C1. The Hall–Kier alpha value is -2.83. The fourth-order valence-electron chi connectivity index (χ4n) is 4.33. The fourth-order valence-corrected chi connectivity index (χ4v) is 5.75. The molecule has 6 heteroatoms. The Morgan fingerprint density at radius 3 is 2.55 bits per heavy atom. The Bertz CT molecular complexity index is 1120. The summed E-state index contributed by atoms with van der Waals surface area (Å²) in [6.45, 7) is 0.928. The minimum Gasteiger partial charge on any atom is -0.457 e. The third-order valence-electron chi connectivity index (χ3n) is 5.97. The third-order valence-corrected chi connectivity index (χ3v) is 7.83. The van der Waals surface area contributed by atoms with Gasteiger partial charge in [-0.05, 0) is 60.9 Å². The molecule has 0 amide bonds. The first kappa shape index (κ1) is 18.2. The summed E-state index contributed by atoms with van der Waals surface area (Å²) in [4.78, 5) is 0.291. The maximum atomic E-state index is 13.2. The largest absolute Gasteiger partial charge is 0.457 e. The van der Waals surface area contributed by atoms with E-state index in [1.807, 2.05) is 36.5 Å². The minimum absolute atomic E-state index is 0.0475. The lowest BCUT2D eigenvalue weighted by molar-refractivity contribution is 0.273. The highest BCUT2D eigenvalue weighted by atomic mass is 32.2. The average Bonchev–Trinajstić information content (AvgIpc) is 3.14. The van der Waals surface area contributed by atoms with Crippen LogP contribution in [0.3, 0.4) is 0 Å². The molecule has 2 aliphatic heterocycles. The fraction of sp³-hybridized carbons (Fsp3) is 0.217. The highest BCUT2D eigenvalue weighted by Gasteiger charge is 2.47. The lowest BCUT2D eigenvalue weighted by Gasteiger charge is -2.41. The van der Waals surface area contributed by atoms with Gasteiger partial charge in [-0.3, -0.25) is 0 Å². The molecule has 1 saturated heterocycles. The van der Waals surface area contributed by atoms with E-state index in [1.54, 1.807) is 28.6 Å². The molecular formula is C23H22N2O3S. The summed E-state index contributed by atoms with van der Waals surface area (Å²) in [5.41, 5.74) is 2.29. The smallest absolute Gasteiger partial charge is 0.243 e. The van der Waals surface area contributed by atoms with Crippen LogP contribution in [0, 0.1) is 5.41 Å². The number of hydrogen-bond acceptors (Lipinski definition) is 4. The summed E-state index contributed by atoms with van der Waals surface area (Å²) in [5, 5.41) is 3.34. The van der Waals surface area contributed by atoms with Gasteiger partial charge in [0, 0.05) is 30.4 Å². The van der Waals surface area contributed by atoms with Crippen LogP contribution in [0.2, 0.25) is 0 Å². The van der Waals surface area contributed by atoms with E-state index < -0.39 is 10.0 Å². The van der Waals surface area contributed by atoms with Gasteiger partial charge in [0.25, 0.3) is 0 Å². The molecule has 1 spiro atoms. The second kappa shape index (κ2) is 6.90. The highest BCUT2D eigenvalue weighted by molar-refractivity contribution is 7.89. The van der Waals surface area contributed by atoms with E-state index in [-0.39, 0.29) is 5.41 Å². The maximum absolute atomic E-state index is 13.2. The van der Waals surface area contributed by atoms with Gasteiger partial charge >= 0.3 is 0 Å². The lowest BCUT2D eigenvalue weighted by atomic mass is 9.70. The van der Waals surface area contributed by atoms with Crippen LogP contribution >= 0.6 is 0 Å². The Labute approximate surface area is 171 Å². The zero-order valence-corrected chi connectivity index (χ0v) is 16.7. The van der Waals surface area contributed by atoms with Gasteiger partial charge in [-0.15, -0.1) is 0 Å². The number of rotatable bonds is 4. The first-order valence-corrected chi connectivity index (χ1v) is 11.2. The van der Waals surface area contributed by atoms with Crippen LogP contribution in [0.25, 0.3) is 0 Å². The van der Waals surface area contributed by atoms with Crippen LogP contribution in [0.15, 0.2) is 95.2 Å². The maximum Gasteiger partial charge on any atom is 0.243 e. The predicted molar refractivity (Wildman–Crippen MR) is 112 cm³/mol. The van der Waals surface area contributed by atoms with Crippen molar-refractivity contribution in [2.45, 2.75) is 17.7 Å². The van der Waals surface area contributed by atoms with Crippen molar-refractivity contribution in [2.24, 2.45) is 5.41 Å². The molecule has 2 aromatic rings. The Morgan fingerprint density at radius 2 is 1.76 bits per heavy atom.